The van der Waals surface area contributed by atoms with Gasteiger partial charge in [0.1, 0.15) is 17.3 Å². The first-order valence-electron chi connectivity index (χ1n) is 10.4. The number of methoxy groups -OCH3 is 1. The van der Waals surface area contributed by atoms with Gasteiger partial charge in [-0.2, -0.15) is 0 Å². The van der Waals surface area contributed by atoms with Gasteiger partial charge in [0.05, 0.1) is 19.2 Å². The van der Waals surface area contributed by atoms with Crippen molar-refractivity contribution in [2.75, 3.05) is 18.6 Å². The van der Waals surface area contributed by atoms with Crippen LogP contribution in [0.1, 0.15) is 18.1 Å². The maximum absolute atomic E-state index is 14.3. The highest BCUT2D eigenvalue weighted by molar-refractivity contribution is 6.37. The van der Waals surface area contributed by atoms with Crippen LogP contribution in [0.5, 0.6) is 5.75 Å². The van der Waals surface area contributed by atoms with E-state index in [1.807, 2.05) is 42.2 Å². The number of rotatable bonds is 7. The quantitative estimate of drug-likeness (QED) is 0.513. The molecule has 5 nitrogen and oxygen atoms in total. The topological polar surface area (TPSA) is 49.9 Å². The Morgan fingerprint density at radius 3 is 2.22 bits per heavy atom. The summed E-state index contributed by atoms with van der Waals surface area (Å²) in [4.78, 5) is 30.1. The molecular weight excluding hydrogens is 407 g/mol. The minimum Gasteiger partial charge on any atom is -0.496 e. The molecule has 1 aliphatic rings. The molecule has 0 radical (unpaired) electrons. The summed E-state index contributed by atoms with van der Waals surface area (Å²) in [6.07, 6.45) is 0. The number of halogens is 1. The van der Waals surface area contributed by atoms with Crippen molar-refractivity contribution in [2.45, 2.75) is 13.5 Å². The van der Waals surface area contributed by atoms with Crippen LogP contribution < -0.4 is 9.64 Å². The molecule has 0 N–H and O–H groups in total. The monoisotopic (exact) mass is 430 g/mol. The average molecular weight is 430 g/mol. The maximum Gasteiger partial charge on any atom is 0.278 e. The fourth-order valence-electron chi connectivity index (χ4n) is 3.93. The van der Waals surface area contributed by atoms with E-state index in [2.05, 4.69) is 0 Å². The highest BCUT2D eigenvalue weighted by Crippen LogP contribution is 2.38. The predicted molar refractivity (Wildman–Crippen MR) is 121 cm³/mol. The smallest absolute Gasteiger partial charge is 0.278 e. The van der Waals surface area contributed by atoms with Gasteiger partial charge in [0, 0.05) is 23.4 Å². The Bertz CT molecular complexity index is 1190. The summed E-state index contributed by atoms with van der Waals surface area (Å²) < 4.78 is 19.8. The molecule has 4 rings (SSSR count). The van der Waals surface area contributed by atoms with Crippen molar-refractivity contribution >= 4 is 23.1 Å². The third-order valence-electron chi connectivity index (χ3n) is 5.46. The van der Waals surface area contributed by atoms with Crippen LogP contribution in [0.4, 0.5) is 10.1 Å². The van der Waals surface area contributed by atoms with Crippen LogP contribution in [0.3, 0.4) is 0 Å². The van der Waals surface area contributed by atoms with Crippen molar-refractivity contribution in [2.24, 2.45) is 0 Å². The molecule has 0 aromatic heterocycles. The summed E-state index contributed by atoms with van der Waals surface area (Å²) in [5, 5.41) is 0. The fourth-order valence-corrected chi connectivity index (χ4v) is 3.93. The van der Waals surface area contributed by atoms with Gasteiger partial charge in [-0.15, -0.1) is 0 Å². The van der Waals surface area contributed by atoms with Gasteiger partial charge >= 0.3 is 0 Å². The number of amides is 2. The zero-order valence-corrected chi connectivity index (χ0v) is 17.9. The van der Waals surface area contributed by atoms with Crippen LogP contribution in [0.15, 0.2) is 84.6 Å². The van der Waals surface area contributed by atoms with Gasteiger partial charge in [0.15, 0.2) is 0 Å². The Labute approximate surface area is 186 Å². The SMILES string of the molecule is CCN(C1=C(c2ccccc2OC)C(=O)N(Cc2ccccc2F)C1=O)c1ccccc1. The molecule has 0 spiro atoms. The minimum absolute atomic E-state index is 0.154. The Morgan fingerprint density at radius 1 is 0.875 bits per heavy atom. The van der Waals surface area contributed by atoms with E-state index in [1.165, 1.54) is 13.2 Å². The number of hydrogen-bond donors (Lipinski definition) is 0. The van der Waals surface area contributed by atoms with E-state index < -0.39 is 17.6 Å². The molecule has 3 aromatic carbocycles. The molecule has 1 heterocycles. The van der Waals surface area contributed by atoms with Crippen LogP contribution in [0.25, 0.3) is 5.57 Å². The summed E-state index contributed by atoms with van der Waals surface area (Å²) in [7, 11) is 1.52. The Hall–Kier alpha value is -3.93. The molecule has 162 valence electrons. The van der Waals surface area contributed by atoms with Gasteiger partial charge in [-0.05, 0) is 31.2 Å². The lowest BCUT2D eigenvalue weighted by atomic mass is 10.0. The van der Waals surface area contributed by atoms with Crippen LogP contribution in [0.2, 0.25) is 0 Å². The maximum atomic E-state index is 14.3. The molecule has 0 unspecified atom stereocenters. The largest absolute Gasteiger partial charge is 0.496 e. The molecule has 0 aliphatic carbocycles. The number of carbonyl (C=O) groups excluding carboxylic acids is 2. The summed E-state index contributed by atoms with van der Waals surface area (Å²) >= 11 is 0. The van der Waals surface area contributed by atoms with E-state index in [4.69, 9.17) is 4.74 Å². The molecule has 0 saturated carbocycles. The van der Waals surface area contributed by atoms with Gasteiger partial charge in [0.2, 0.25) is 0 Å². The Balaban J connectivity index is 1.87. The first-order chi connectivity index (χ1) is 15.6. The summed E-state index contributed by atoms with van der Waals surface area (Å²) in [5.74, 6) is -0.925. The van der Waals surface area contributed by atoms with Crippen LogP contribution in [-0.2, 0) is 16.1 Å². The molecule has 0 atom stereocenters. The Kier molecular flexibility index (Phi) is 6.03. The zero-order valence-electron chi connectivity index (χ0n) is 17.9. The molecule has 1 aliphatic heterocycles. The van der Waals surface area contributed by atoms with E-state index in [9.17, 15) is 14.0 Å². The van der Waals surface area contributed by atoms with E-state index in [0.717, 1.165) is 10.6 Å². The first-order valence-corrected chi connectivity index (χ1v) is 10.4. The number of anilines is 1. The minimum atomic E-state index is -0.480. The molecular formula is C26H23FN2O3. The zero-order chi connectivity index (χ0) is 22.7. The van der Waals surface area contributed by atoms with Gasteiger partial charge < -0.3 is 9.64 Å². The van der Waals surface area contributed by atoms with Gasteiger partial charge in [-0.1, -0.05) is 54.6 Å². The van der Waals surface area contributed by atoms with Crippen molar-refractivity contribution in [1.29, 1.82) is 0 Å². The second kappa shape index (κ2) is 9.06. The number of para-hydroxylation sites is 2. The lowest BCUT2D eigenvalue weighted by Gasteiger charge is -2.25. The summed E-state index contributed by atoms with van der Waals surface area (Å²) in [5.41, 5.74) is 2.08. The number of carbonyl (C=O) groups is 2. The second-order valence-corrected chi connectivity index (χ2v) is 7.29. The molecule has 6 heteroatoms. The van der Waals surface area contributed by atoms with Crippen molar-refractivity contribution in [3.05, 3.63) is 102 Å². The second-order valence-electron chi connectivity index (χ2n) is 7.29. The molecule has 0 bridgehead atoms. The number of hydrogen-bond acceptors (Lipinski definition) is 4. The lowest BCUT2D eigenvalue weighted by Crippen LogP contribution is -2.35. The van der Waals surface area contributed by atoms with Crippen molar-refractivity contribution in [3.8, 4) is 5.75 Å². The number of nitrogens with zero attached hydrogens (tertiary/aromatic N) is 2. The van der Waals surface area contributed by atoms with Gasteiger partial charge in [-0.25, -0.2) is 4.39 Å². The number of benzene rings is 3. The normalized spacial score (nSPS) is 13.7. The first kappa shape index (κ1) is 21.3. The van der Waals surface area contributed by atoms with E-state index in [1.54, 1.807) is 42.5 Å². The third-order valence-corrected chi connectivity index (χ3v) is 5.46. The van der Waals surface area contributed by atoms with Crippen molar-refractivity contribution in [3.63, 3.8) is 0 Å². The molecule has 32 heavy (non-hydrogen) atoms. The lowest BCUT2D eigenvalue weighted by molar-refractivity contribution is -0.137. The fraction of sp³-hybridized carbons (Fsp3) is 0.154. The average Bonchev–Trinajstić information content (AvgIpc) is 3.06. The van der Waals surface area contributed by atoms with E-state index >= 15 is 0 Å². The van der Waals surface area contributed by atoms with Crippen LogP contribution in [0, 0.1) is 5.82 Å². The van der Waals surface area contributed by atoms with E-state index in [-0.39, 0.29) is 23.4 Å². The standard InChI is InChI=1S/C26H23FN2O3/c1-3-28(19-12-5-4-6-13-19)24-23(20-14-8-10-16-22(20)32-2)25(30)29(26(24)31)17-18-11-7-9-15-21(18)27/h4-16H,3,17H2,1-2H3. The summed E-state index contributed by atoms with van der Waals surface area (Å²) in [6.45, 7) is 2.22. The summed E-state index contributed by atoms with van der Waals surface area (Å²) in [6, 6.07) is 22.6. The Morgan fingerprint density at radius 2 is 1.53 bits per heavy atom. The molecule has 3 aromatic rings. The highest BCUT2D eigenvalue weighted by atomic mass is 19.1. The van der Waals surface area contributed by atoms with Crippen LogP contribution in [-0.4, -0.2) is 30.4 Å². The van der Waals surface area contributed by atoms with E-state index in [0.29, 0.717) is 17.9 Å². The third kappa shape index (κ3) is 3.75. The predicted octanol–water partition coefficient (Wildman–Crippen LogP) is 4.64. The molecule has 0 fully saturated rings. The highest BCUT2D eigenvalue weighted by Gasteiger charge is 2.42. The number of ether oxygens (including phenoxy) is 1. The molecule has 2 amide bonds. The molecule has 0 saturated heterocycles. The van der Waals surface area contributed by atoms with Crippen molar-refractivity contribution < 1.29 is 18.7 Å². The van der Waals surface area contributed by atoms with Gasteiger partial charge in [0.25, 0.3) is 11.8 Å². The number of imide groups is 1. The number of likely N-dealkylation sites (N-methyl/N-ethyl adjacent to an activating group) is 1. The van der Waals surface area contributed by atoms with Gasteiger partial charge in [-0.3, -0.25) is 14.5 Å². The van der Waals surface area contributed by atoms with Crippen molar-refractivity contribution in [1.82, 2.24) is 4.90 Å². The van der Waals surface area contributed by atoms with Crippen LogP contribution >= 0.6 is 0 Å².